The van der Waals surface area contributed by atoms with Gasteiger partial charge in [-0.05, 0) is 5.56 Å². The summed E-state index contributed by atoms with van der Waals surface area (Å²) in [6.07, 6.45) is 4.32. The molecular weight excluding hydrogens is 214 g/mol. The number of hydrogen-bond donors (Lipinski definition) is 1. The molecule has 1 atom stereocenters. The van der Waals surface area contributed by atoms with Crippen molar-refractivity contribution in [2.24, 2.45) is 16.1 Å². The van der Waals surface area contributed by atoms with Crippen molar-refractivity contribution in [2.75, 3.05) is 0 Å². The number of hydrogen-bond acceptors (Lipinski definition) is 3. The first-order chi connectivity index (χ1) is 8.34. The largest absolute Gasteiger partial charge is 0.328 e. The van der Waals surface area contributed by atoms with Gasteiger partial charge >= 0.3 is 0 Å². The Kier molecular flexibility index (Phi) is 2.33. The van der Waals surface area contributed by atoms with Gasteiger partial charge in [-0.3, -0.25) is 4.79 Å². The highest BCUT2D eigenvalue weighted by atomic mass is 16.2. The molecule has 2 aliphatic rings. The van der Waals surface area contributed by atoms with Crippen molar-refractivity contribution in [2.45, 2.75) is 6.42 Å². The van der Waals surface area contributed by atoms with Crippen molar-refractivity contribution in [3.05, 3.63) is 48.2 Å². The summed E-state index contributed by atoms with van der Waals surface area (Å²) >= 11 is 0. The van der Waals surface area contributed by atoms with E-state index >= 15 is 0 Å². The molecule has 2 heterocycles. The molecule has 0 radical (unpaired) electrons. The normalized spacial score (nSPS) is 21.6. The molecule has 0 saturated carbocycles. The molecule has 3 rings (SSSR count). The molecule has 0 aromatic heterocycles. The third kappa shape index (κ3) is 1.78. The first-order valence-electron chi connectivity index (χ1n) is 5.50. The van der Waals surface area contributed by atoms with Gasteiger partial charge in [0.2, 0.25) is 0 Å². The van der Waals surface area contributed by atoms with Crippen molar-refractivity contribution in [3.63, 3.8) is 0 Å². The second-order valence-electron chi connectivity index (χ2n) is 4.05. The molecule has 0 fully saturated rings. The number of nitrogens with one attached hydrogen (secondary N) is 1. The van der Waals surface area contributed by atoms with E-state index in [9.17, 15) is 4.79 Å². The zero-order chi connectivity index (χ0) is 11.7. The van der Waals surface area contributed by atoms with Crippen molar-refractivity contribution in [3.8, 4) is 0 Å². The summed E-state index contributed by atoms with van der Waals surface area (Å²) in [5.74, 6) is -0.201. The van der Waals surface area contributed by atoms with Crippen LogP contribution in [-0.4, -0.2) is 17.3 Å². The molecule has 84 valence electrons. The quantitative estimate of drug-likeness (QED) is 0.810. The third-order valence-corrected chi connectivity index (χ3v) is 2.90. The summed E-state index contributed by atoms with van der Waals surface area (Å²) in [6.45, 7) is 0. The summed E-state index contributed by atoms with van der Waals surface area (Å²) in [6, 6.07) is 10.1. The highest BCUT2D eigenvalue weighted by molar-refractivity contribution is 6.46. The number of fused-ring (bicyclic) bond motifs is 1. The minimum Gasteiger partial charge on any atom is -0.328 e. The molecule has 17 heavy (non-hydrogen) atoms. The Bertz CT molecular complexity index is 543. The smallest absolute Gasteiger partial charge is 0.272 e. The second-order valence-corrected chi connectivity index (χ2v) is 4.05. The molecule has 1 unspecified atom stereocenters. The van der Waals surface area contributed by atoms with Gasteiger partial charge in [0, 0.05) is 12.6 Å². The monoisotopic (exact) mass is 225 g/mol. The topological polar surface area (TPSA) is 53.8 Å². The van der Waals surface area contributed by atoms with Crippen molar-refractivity contribution in [1.29, 1.82) is 0 Å². The van der Waals surface area contributed by atoms with Crippen molar-refractivity contribution < 1.29 is 4.79 Å². The van der Waals surface area contributed by atoms with E-state index in [2.05, 4.69) is 15.5 Å². The van der Waals surface area contributed by atoms with Crippen LogP contribution in [0.4, 0.5) is 0 Å². The summed E-state index contributed by atoms with van der Waals surface area (Å²) in [5.41, 5.74) is 2.61. The van der Waals surface area contributed by atoms with E-state index in [1.807, 2.05) is 36.4 Å². The van der Waals surface area contributed by atoms with E-state index in [1.54, 1.807) is 6.20 Å². The maximum atomic E-state index is 11.5. The lowest BCUT2D eigenvalue weighted by Crippen LogP contribution is -2.37. The van der Waals surface area contributed by atoms with E-state index in [4.69, 9.17) is 0 Å². The number of carbonyl (C=O) groups is 1. The van der Waals surface area contributed by atoms with Gasteiger partial charge < -0.3 is 5.32 Å². The highest BCUT2D eigenvalue weighted by Crippen LogP contribution is 2.19. The summed E-state index contributed by atoms with van der Waals surface area (Å²) in [7, 11) is 0. The van der Waals surface area contributed by atoms with Crippen LogP contribution >= 0.6 is 0 Å². The molecule has 1 N–H and O–H groups in total. The van der Waals surface area contributed by atoms with Gasteiger partial charge in [-0.2, -0.15) is 5.10 Å². The zero-order valence-corrected chi connectivity index (χ0v) is 9.13. The van der Waals surface area contributed by atoms with E-state index in [0.717, 1.165) is 12.1 Å². The molecule has 0 aliphatic carbocycles. The molecule has 1 aromatic carbocycles. The van der Waals surface area contributed by atoms with Crippen LogP contribution in [0.2, 0.25) is 0 Å². The van der Waals surface area contributed by atoms with Crippen molar-refractivity contribution >= 4 is 17.3 Å². The summed E-state index contributed by atoms with van der Waals surface area (Å²) in [4.78, 5) is 11.5. The molecule has 2 aliphatic heterocycles. The average Bonchev–Trinajstić information content (AvgIpc) is 2.76. The van der Waals surface area contributed by atoms with Gasteiger partial charge in [0.1, 0.15) is 5.71 Å². The van der Waals surface area contributed by atoms with E-state index in [0.29, 0.717) is 5.71 Å². The van der Waals surface area contributed by atoms with Crippen LogP contribution in [0.15, 0.2) is 52.8 Å². The van der Waals surface area contributed by atoms with Crippen LogP contribution in [-0.2, 0) is 11.2 Å². The van der Waals surface area contributed by atoms with Crippen LogP contribution in [0.25, 0.3) is 0 Å². The highest BCUT2D eigenvalue weighted by Gasteiger charge is 2.31. The summed E-state index contributed by atoms with van der Waals surface area (Å²) in [5, 5.41) is 10.7. The number of carbonyl (C=O) groups excluding carboxylic acids is 1. The van der Waals surface area contributed by atoms with Gasteiger partial charge in [-0.25, -0.2) is 0 Å². The molecule has 4 nitrogen and oxygen atoms in total. The second kappa shape index (κ2) is 3.97. The fraction of sp³-hybridized carbons (Fsp3) is 0.154. The van der Waals surface area contributed by atoms with Crippen LogP contribution < -0.4 is 5.32 Å². The predicted octanol–water partition coefficient (Wildman–Crippen LogP) is 1.30. The lowest BCUT2D eigenvalue weighted by molar-refractivity contribution is -0.114. The number of allylic oxidation sites excluding steroid dienone is 1. The average molecular weight is 225 g/mol. The number of amides is 1. The minimum absolute atomic E-state index is 0.0519. The van der Waals surface area contributed by atoms with Crippen molar-refractivity contribution in [1.82, 2.24) is 5.32 Å². The Labute approximate surface area is 98.8 Å². The number of rotatable bonds is 2. The fourth-order valence-corrected chi connectivity index (χ4v) is 2.03. The van der Waals surface area contributed by atoms with Gasteiger partial charge in [0.25, 0.3) is 5.91 Å². The Hall–Kier alpha value is -2.23. The Morgan fingerprint density at radius 1 is 1.18 bits per heavy atom. The van der Waals surface area contributed by atoms with E-state index in [1.165, 1.54) is 5.56 Å². The van der Waals surface area contributed by atoms with E-state index < -0.39 is 0 Å². The first kappa shape index (κ1) is 9.96. The van der Waals surface area contributed by atoms with Gasteiger partial charge in [-0.1, -0.05) is 36.4 Å². The Balaban J connectivity index is 1.82. The lowest BCUT2D eigenvalue weighted by atomic mass is 9.91. The van der Waals surface area contributed by atoms with Crippen LogP contribution in [0.5, 0.6) is 0 Å². The molecule has 4 heteroatoms. The van der Waals surface area contributed by atoms with Crippen LogP contribution in [0.1, 0.15) is 5.56 Å². The molecular formula is C13H11N3O. The molecule has 0 saturated heterocycles. The molecule has 1 amide bonds. The fourth-order valence-electron chi connectivity index (χ4n) is 2.03. The molecule has 0 spiro atoms. The number of benzene rings is 1. The maximum absolute atomic E-state index is 11.5. The molecule has 1 aromatic rings. The van der Waals surface area contributed by atoms with Gasteiger partial charge in [-0.15, -0.1) is 5.10 Å². The Morgan fingerprint density at radius 2 is 2.00 bits per heavy atom. The van der Waals surface area contributed by atoms with Gasteiger partial charge in [0.05, 0.1) is 11.6 Å². The number of nitrogens with zero attached hydrogens (tertiary/aromatic N) is 2. The van der Waals surface area contributed by atoms with Gasteiger partial charge in [0.15, 0.2) is 0 Å². The summed E-state index contributed by atoms with van der Waals surface area (Å²) < 4.78 is 0. The minimum atomic E-state index is -0.149. The van der Waals surface area contributed by atoms with Crippen LogP contribution in [0, 0.1) is 5.92 Å². The maximum Gasteiger partial charge on any atom is 0.272 e. The Morgan fingerprint density at radius 3 is 2.82 bits per heavy atom. The van der Waals surface area contributed by atoms with E-state index in [-0.39, 0.29) is 11.8 Å². The SMILES string of the molecule is O=C1NC=CC2C(Cc3ccccc3)=NN=C12. The lowest BCUT2D eigenvalue weighted by Gasteiger charge is -2.14. The standard InChI is InChI=1S/C13H11N3O/c17-13-12-10(6-7-14-13)11(15-16-12)8-9-4-2-1-3-5-9/h1-7,10H,8H2,(H,14,17). The molecule has 0 bridgehead atoms. The zero-order valence-electron chi connectivity index (χ0n) is 9.13. The third-order valence-electron chi connectivity index (χ3n) is 2.90. The predicted molar refractivity (Wildman–Crippen MR) is 65.8 cm³/mol. The van der Waals surface area contributed by atoms with Crippen LogP contribution in [0.3, 0.4) is 0 Å². The first-order valence-corrected chi connectivity index (χ1v) is 5.50.